The van der Waals surface area contributed by atoms with Crippen molar-refractivity contribution in [2.75, 3.05) is 0 Å². The van der Waals surface area contributed by atoms with Crippen molar-refractivity contribution >= 4 is 44.8 Å². The molecule has 4 nitrogen and oxygen atoms in total. The Morgan fingerprint density at radius 3 is 2.62 bits per heavy atom. The molecule has 0 amide bonds. The second-order valence-corrected chi connectivity index (χ2v) is 5.54. The van der Waals surface area contributed by atoms with E-state index >= 15 is 0 Å². The van der Waals surface area contributed by atoms with Crippen molar-refractivity contribution in [1.29, 1.82) is 0 Å². The van der Waals surface area contributed by atoms with Gasteiger partial charge in [-0.2, -0.15) is 0 Å². The fraction of sp³-hybridized carbons (Fsp3) is 0.0769. The first-order valence-corrected chi connectivity index (χ1v) is 7.28. The topological polar surface area (TPSA) is 52.4 Å². The average molecular weight is 395 g/mol. The van der Waals surface area contributed by atoms with Gasteiger partial charge in [0.1, 0.15) is 11.6 Å². The van der Waals surface area contributed by atoms with Crippen LogP contribution in [-0.4, -0.2) is 4.92 Å². The van der Waals surface area contributed by atoms with Gasteiger partial charge in [-0.3, -0.25) is 10.1 Å². The number of nitro benzene ring substituents is 1. The molecule has 0 bridgehead atoms. The Kier molecular flexibility index (Phi) is 5.03. The summed E-state index contributed by atoms with van der Waals surface area (Å²) in [6.07, 6.45) is 0. The van der Waals surface area contributed by atoms with E-state index in [-0.39, 0.29) is 27.5 Å². The molecule has 0 fully saturated rings. The molecule has 21 heavy (non-hydrogen) atoms. The molecule has 0 aliphatic carbocycles. The minimum Gasteiger partial charge on any atom is -0.450 e. The highest BCUT2D eigenvalue weighted by molar-refractivity contribution is 9.10. The van der Waals surface area contributed by atoms with Gasteiger partial charge in [-0.25, -0.2) is 4.39 Å². The van der Waals surface area contributed by atoms with E-state index in [0.29, 0.717) is 10.6 Å². The minimum absolute atomic E-state index is 0.0183. The molecule has 2 aromatic rings. The van der Waals surface area contributed by atoms with Gasteiger partial charge in [0, 0.05) is 22.7 Å². The van der Waals surface area contributed by atoms with E-state index in [2.05, 4.69) is 15.9 Å². The molecule has 0 aliphatic heterocycles. The summed E-state index contributed by atoms with van der Waals surface area (Å²) in [5, 5.41) is 11.5. The van der Waals surface area contributed by atoms with Crippen molar-refractivity contribution in [2.45, 2.75) is 5.88 Å². The number of ether oxygens (including phenoxy) is 1. The molecule has 0 aromatic heterocycles. The van der Waals surface area contributed by atoms with Crippen molar-refractivity contribution in [2.24, 2.45) is 0 Å². The third-order valence-corrected chi connectivity index (χ3v) is 3.72. The van der Waals surface area contributed by atoms with E-state index in [1.54, 1.807) is 12.1 Å². The van der Waals surface area contributed by atoms with Gasteiger partial charge in [0.15, 0.2) is 0 Å². The molecular formula is C13H7BrCl2FNO3. The van der Waals surface area contributed by atoms with E-state index < -0.39 is 10.7 Å². The third kappa shape index (κ3) is 3.64. The number of halogens is 4. The van der Waals surface area contributed by atoms with Crippen molar-refractivity contribution in [3.63, 3.8) is 0 Å². The first-order chi connectivity index (χ1) is 9.92. The first-order valence-electron chi connectivity index (χ1n) is 5.58. The maximum absolute atomic E-state index is 13.6. The molecule has 110 valence electrons. The molecule has 0 radical (unpaired) electrons. The Morgan fingerprint density at radius 2 is 2.00 bits per heavy atom. The zero-order chi connectivity index (χ0) is 15.6. The number of nitro groups is 1. The lowest BCUT2D eigenvalue weighted by atomic mass is 10.2. The van der Waals surface area contributed by atoms with Gasteiger partial charge >= 0.3 is 5.69 Å². The van der Waals surface area contributed by atoms with Crippen LogP contribution in [0.15, 0.2) is 34.8 Å². The predicted molar refractivity (Wildman–Crippen MR) is 81.8 cm³/mol. The minimum atomic E-state index is -0.669. The monoisotopic (exact) mass is 393 g/mol. The van der Waals surface area contributed by atoms with Gasteiger partial charge in [-0.15, -0.1) is 11.6 Å². The smallest absolute Gasteiger partial charge is 0.312 e. The second kappa shape index (κ2) is 6.60. The van der Waals surface area contributed by atoms with E-state index in [0.717, 1.165) is 12.1 Å². The lowest BCUT2D eigenvalue weighted by molar-refractivity contribution is -0.385. The average Bonchev–Trinajstić information content (AvgIpc) is 2.44. The van der Waals surface area contributed by atoms with Crippen LogP contribution in [0.2, 0.25) is 5.02 Å². The van der Waals surface area contributed by atoms with Crippen molar-refractivity contribution in [3.8, 4) is 11.5 Å². The van der Waals surface area contributed by atoms with E-state index in [1.807, 2.05) is 0 Å². The summed E-state index contributed by atoms with van der Waals surface area (Å²) >= 11 is 14.5. The van der Waals surface area contributed by atoms with Gasteiger partial charge in [0.2, 0.25) is 5.75 Å². The Morgan fingerprint density at radius 1 is 1.29 bits per heavy atom. The molecule has 2 rings (SSSR count). The molecule has 0 unspecified atom stereocenters. The maximum Gasteiger partial charge on any atom is 0.312 e. The first kappa shape index (κ1) is 16.0. The molecule has 0 N–H and O–H groups in total. The van der Waals surface area contributed by atoms with Gasteiger partial charge < -0.3 is 4.74 Å². The summed E-state index contributed by atoms with van der Waals surface area (Å²) in [7, 11) is 0. The molecule has 0 atom stereocenters. The zero-order valence-electron chi connectivity index (χ0n) is 10.3. The van der Waals surface area contributed by atoms with Crippen molar-refractivity contribution in [3.05, 3.63) is 61.3 Å². The van der Waals surface area contributed by atoms with E-state index in [4.69, 9.17) is 27.9 Å². The van der Waals surface area contributed by atoms with Gasteiger partial charge in [0.05, 0.1) is 15.3 Å². The molecule has 0 saturated carbocycles. The quantitative estimate of drug-likeness (QED) is 0.380. The van der Waals surface area contributed by atoms with Crippen LogP contribution in [0.1, 0.15) is 5.56 Å². The summed E-state index contributed by atoms with van der Waals surface area (Å²) in [5.41, 5.74) is 0.181. The molecule has 0 spiro atoms. The number of rotatable bonds is 4. The largest absolute Gasteiger partial charge is 0.450 e. The Bertz CT molecular complexity index is 712. The Balaban J connectivity index is 2.48. The molecule has 0 aliphatic rings. The van der Waals surface area contributed by atoms with Crippen LogP contribution in [-0.2, 0) is 5.88 Å². The second-order valence-electron chi connectivity index (χ2n) is 3.98. The van der Waals surface area contributed by atoms with Crippen LogP contribution in [0.4, 0.5) is 10.1 Å². The summed E-state index contributed by atoms with van der Waals surface area (Å²) in [6, 6.07) is 6.62. The lowest BCUT2D eigenvalue weighted by Gasteiger charge is -2.10. The van der Waals surface area contributed by atoms with Crippen LogP contribution in [0.5, 0.6) is 11.5 Å². The SMILES string of the molecule is O=[N+]([O-])c1cc(Br)c(F)cc1Oc1ccc(Cl)cc1CCl. The van der Waals surface area contributed by atoms with Crippen LogP contribution in [0, 0.1) is 15.9 Å². The van der Waals surface area contributed by atoms with Gasteiger partial charge in [-0.1, -0.05) is 11.6 Å². The normalized spacial score (nSPS) is 10.5. The molecule has 8 heteroatoms. The number of hydrogen-bond acceptors (Lipinski definition) is 3. The Labute approximate surface area is 137 Å². The molecule has 0 saturated heterocycles. The predicted octanol–water partition coefficient (Wildman–Crippen LogP) is 5.68. The third-order valence-electron chi connectivity index (χ3n) is 2.58. The summed E-state index contributed by atoms with van der Waals surface area (Å²) in [5.74, 6) is -0.506. The molecule has 2 aromatic carbocycles. The van der Waals surface area contributed by atoms with Crippen LogP contribution in [0.25, 0.3) is 0 Å². The van der Waals surface area contributed by atoms with E-state index in [1.165, 1.54) is 6.07 Å². The fourth-order valence-electron chi connectivity index (χ4n) is 1.61. The van der Waals surface area contributed by atoms with Crippen LogP contribution < -0.4 is 4.74 Å². The fourth-order valence-corrected chi connectivity index (χ4v) is 2.35. The summed E-state index contributed by atoms with van der Waals surface area (Å²) in [6.45, 7) is 0. The van der Waals surface area contributed by atoms with Crippen molar-refractivity contribution in [1.82, 2.24) is 0 Å². The maximum atomic E-state index is 13.6. The summed E-state index contributed by atoms with van der Waals surface area (Å²) < 4.78 is 19.0. The number of nitrogens with zero attached hydrogens (tertiary/aromatic N) is 1. The standard InChI is InChI=1S/C13H7BrCl2FNO3/c14-9-4-11(18(19)20)13(5-10(9)17)21-12-2-1-8(16)3-7(12)6-15/h1-5H,6H2. The van der Waals surface area contributed by atoms with E-state index in [9.17, 15) is 14.5 Å². The van der Waals surface area contributed by atoms with Crippen LogP contribution in [0.3, 0.4) is 0 Å². The highest BCUT2D eigenvalue weighted by Gasteiger charge is 2.20. The lowest BCUT2D eigenvalue weighted by Crippen LogP contribution is -1.97. The van der Waals surface area contributed by atoms with Crippen LogP contribution >= 0.6 is 39.1 Å². The highest BCUT2D eigenvalue weighted by Crippen LogP contribution is 2.37. The zero-order valence-corrected chi connectivity index (χ0v) is 13.4. The van der Waals surface area contributed by atoms with Crippen molar-refractivity contribution < 1.29 is 14.1 Å². The van der Waals surface area contributed by atoms with Gasteiger partial charge in [-0.05, 0) is 34.1 Å². The number of hydrogen-bond donors (Lipinski definition) is 0. The highest BCUT2D eigenvalue weighted by atomic mass is 79.9. The molecule has 0 heterocycles. The number of benzene rings is 2. The number of alkyl halides is 1. The van der Waals surface area contributed by atoms with Gasteiger partial charge in [0.25, 0.3) is 0 Å². The summed E-state index contributed by atoms with van der Waals surface area (Å²) in [4.78, 5) is 10.4. The Hall–Kier alpha value is -1.37. The molecular weight excluding hydrogens is 388 g/mol.